The lowest BCUT2D eigenvalue weighted by atomic mass is 10.4. The van der Waals surface area contributed by atoms with Crippen LogP contribution in [0.1, 0.15) is 20.3 Å². The first kappa shape index (κ1) is 17.6. The molecule has 6 heteroatoms. The largest absolute Gasteiger partial charge is 0.466 e. The summed E-state index contributed by atoms with van der Waals surface area (Å²) in [5.74, 6) is -0.690. The highest BCUT2D eigenvalue weighted by atomic mass is 16.6. The monoisotopic (exact) mass is 274 g/mol. The van der Waals surface area contributed by atoms with E-state index in [9.17, 15) is 9.59 Å². The van der Waals surface area contributed by atoms with E-state index in [4.69, 9.17) is 18.9 Å². The van der Waals surface area contributed by atoms with Crippen molar-refractivity contribution in [1.82, 2.24) is 0 Å². The Bertz CT molecular complexity index is 287. The molecule has 0 fully saturated rings. The summed E-state index contributed by atoms with van der Waals surface area (Å²) in [6.07, 6.45) is 0.240. The summed E-state index contributed by atoms with van der Waals surface area (Å²) in [5, 5.41) is 0. The molecule has 0 aromatic carbocycles. The average molecular weight is 274 g/mol. The molecule has 19 heavy (non-hydrogen) atoms. The Labute approximate surface area is 113 Å². The smallest absolute Gasteiger partial charge is 0.333 e. The summed E-state index contributed by atoms with van der Waals surface area (Å²) in [6, 6.07) is 0. The van der Waals surface area contributed by atoms with Gasteiger partial charge >= 0.3 is 11.9 Å². The predicted octanol–water partition coefficient (Wildman–Crippen LogP) is 1.09. The highest BCUT2D eigenvalue weighted by Crippen LogP contribution is 1.92. The summed E-state index contributed by atoms with van der Waals surface area (Å²) in [4.78, 5) is 21.9. The molecular weight excluding hydrogens is 252 g/mol. The molecule has 0 aliphatic carbocycles. The summed E-state index contributed by atoms with van der Waals surface area (Å²) >= 11 is 0. The Balaban J connectivity index is 3.21. The van der Waals surface area contributed by atoms with Crippen molar-refractivity contribution in [3.05, 3.63) is 12.2 Å². The van der Waals surface area contributed by atoms with Crippen LogP contribution in [0.2, 0.25) is 0 Å². The fourth-order valence-corrected chi connectivity index (χ4v) is 1.03. The standard InChI is InChI=1S/C13H22O6/c1-4-18-12(14)5-6-16-7-8-17-9-10-19-13(15)11(2)3/h2,4-10H2,1,3H3. The van der Waals surface area contributed by atoms with Gasteiger partial charge in [0.2, 0.25) is 0 Å². The Kier molecular flexibility index (Phi) is 10.8. The second-order valence-electron chi connectivity index (χ2n) is 3.70. The minimum absolute atomic E-state index is 0.189. The normalized spacial score (nSPS) is 10.0. The van der Waals surface area contributed by atoms with Gasteiger partial charge in [0.25, 0.3) is 0 Å². The van der Waals surface area contributed by atoms with Crippen LogP contribution in [0.4, 0.5) is 0 Å². The highest BCUT2D eigenvalue weighted by Gasteiger charge is 2.02. The van der Waals surface area contributed by atoms with Gasteiger partial charge in [0.1, 0.15) is 6.61 Å². The van der Waals surface area contributed by atoms with Gasteiger partial charge in [-0.25, -0.2) is 4.79 Å². The van der Waals surface area contributed by atoms with Crippen molar-refractivity contribution in [2.45, 2.75) is 20.3 Å². The van der Waals surface area contributed by atoms with Crippen molar-refractivity contribution in [3.8, 4) is 0 Å². The number of hydrogen-bond donors (Lipinski definition) is 0. The zero-order chi connectivity index (χ0) is 14.5. The first-order chi connectivity index (χ1) is 9.07. The predicted molar refractivity (Wildman–Crippen MR) is 68.7 cm³/mol. The van der Waals surface area contributed by atoms with Crippen LogP contribution < -0.4 is 0 Å². The van der Waals surface area contributed by atoms with E-state index in [-0.39, 0.29) is 19.0 Å². The van der Waals surface area contributed by atoms with E-state index in [0.717, 1.165) is 0 Å². The van der Waals surface area contributed by atoms with Gasteiger partial charge in [-0.3, -0.25) is 4.79 Å². The van der Waals surface area contributed by atoms with Gasteiger partial charge in [0.15, 0.2) is 0 Å². The van der Waals surface area contributed by atoms with Gasteiger partial charge in [-0.1, -0.05) is 6.58 Å². The third-order valence-corrected chi connectivity index (χ3v) is 1.94. The van der Waals surface area contributed by atoms with Gasteiger partial charge in [-0.15, -0.1) is 0 Å². The molecule has 0 aliphatic heterocycles. The third kappa shape index (κ3) is 11.4. The van der Waals surface area contributed by atoms with Crippen LogP contribution in [-0.4, -0.2) is 51.6 Å². The van der Waals surface area contributed by atoms with E-state index in [1.165, 1.54) is 0 Å². The maximum atomic E-state index is 11.0. The van der Waals surface area contributed by atoms with E-state index >= 15 is 0 Å². The Morgan fingerprint density at radius 3 is 2.11 bits per heavy atom. The second kappa shape index (κ2) is 11.7. The average Bonchev–Trinajstić information content (AvgIpc) is 2.36. The number of hydrogen-bond acceptors (Lipinski definition) is 6. The van der Waals surface area contributed by atoms with Gasteiger partial charge in [0, 0.05) is 5.57 Å². The molecule has 0 rings (SSSR count). The number of carbonyl (C=O) groups excluding carboxylic acids is 2. The second-order valence-corrected chi connectivity index (χ2v) is 3.70. The van der Waals surface area contributed by atoms with Crippen molar-refractivity contribution < 1.29 is 28.5 Å². The summed E-state index contributed by atoms with van der Waals surface area (Å²) in [7, 11) is 0. The first-order valence-electron chi connectivity index (χ1n) is 6.21. The molecule has 0 N–H and O–H groups in total. The Morgan fingerprint density at radius 2 is 1.53 bits per heavy atom. The van der Waals surface area contributed by atoms with Crippen LogP contribution in [-0.2, 0) is 28.5 Å². The molecule has 0 bridgehead atoms. The highest BCUT2D eigenvalue weighted by molar-refractivity contribution is 5.86. The maximum Gasteiger partial charge on any atom is 0.333 e. The quantitative estimate of drug-likeness (QED) is 0.319. The summed E-state index contributed by atoms with van der Waals surface area (Å²) in [5.41, 5.74) is 0.363. The molecule has 0 aliphatic rings. The van der Waals surface area contributed by atoms with Gasteiger partial charge in [0.05, 0.1) is 39.5 Å². The van der Waals surface area contributed by atoms with E-state index in [1.807, 2.05) is 0 Å². The molecule has 0 aromatic heterocycles. The molecular formula is C13H22O6. The van der Waals surface area contributed by atoms with Crippen molar-refractivity contribution in [2.75, 3.05) is 39.6 Å². The van der Waals surface area contributed by atoms with E-state index < -0.39 is 5.97 Å². The van der Waals surface area contributed by atoms with Gasteiger partial charge in [-0.05, 0) is 13.8 Å². The van der Waals surface area contributed by atoms with Crippen molar-refractivity contribution >= 4 is 11.9 Å². The Morgan fingerprint density at radius 1 is 0.947 bits per heavy atom. The molecule has 0 saturated heterocycles. The van der Waals surface area contributed by atoms with Crippen LogP contribution in [0.15, 0.2) is 12.2 Å². The van der Waals surface area contributed by atoms with E-state index in [2.05, 4.69) is 6.58 Å². The van der Waals surface area contributed by atoms with Gasteiger partial charge < -0.3 is 18.9 Å². The maximum absolute atomic E-state index is 11.0. The molecule has 0 heterocycles. The minimum atomic E-state index is -0.422. The lowest BCUT2D eigenvalue weighted by Gasteiger charge is -2.06. The summed E-state index contributed by atoms with van der Waals surface area (Å²) in [6.45, 7) is 8.75. The SMILES string of the molecule is C=C(C)C(=O)OCCOCCOCCC(=O)OCC. The van der Waals surface area contributed by atoms with Crippen molar-refractivity contribution in [1.29, 1.82) is 0 Å². The zero-order valence-corrected chi connectivity index (χ0v) is 11.6. The van der Waals surface area contributed by atoms with Crippen molar-refractivity contribution in [2.24, 2.45) is 0 Å². The molecule has 0 unspecified atom stereocenters. The number of carbonyl (C=O) groups is 2. The molecule has 6 nitrogen and oxygen atoms in total. The third-order valence-electron chi connectivity index (χ3n) is 1.94. The first-order valence-corrected chi connectivity index (χ1v) is 6.21. The number of ether oxygens (including phenoxy) is 4. The minimum Gasteiger partial charge on any atom is -0.466 e. The van der Waals surface area contributed by atoms with Crippen molar-refractivity contribution in [3.63, 3.8) is 0 Å². The van der Waals surface area contributed by atoms with Crippen LogP contribution in [0.5, 0.6) is 0 Å². The fraction of sp³-hybridized carbons (Fsp3) is 0.692. The van der Waals surface area contributed by atoms with Gasteiger partial charge in [-0.2, -0.15) is 0 Å². The number of esters is 2. The van der Waals surface area contributed by atoms with Crippen LogP contribution in [0, 0.1) is 0 Å². The molecule has 0 saturated carbocycles. The van der Waals surface area contributed by atoms with Crippen LogP contribution >= 0.6 is 0 Å². The molecule has 0 amide bonds. The lowest BCUT2D eigenvalue weighted by Crippen LogP contribution is -2.14. The topological polar surface area (TPSA) is 71.1 Å². The fourth-order valence-electron chi connectivity index (χ4n) is 1.03. The lowest BCUT2D eigenvalue weighted by molar-refractivity contribution is -0.144. The molecule has 0 spiro atoms. The zero-order valence-electron chi connectivity index (χ0n) is 11.6. The Hall–Kier alpha value is -1.40. The number of rotatable bonds is 11. The van der Waals surface area contributed by atoms with E-state index in [0.29, 0.717) is 38.6 Å². The molecule has 0 radical (unpaired) electrons. The molecule has 0 atom stereocenters. The summed E-state index contributed by atoms with van der Waals surface area (Å²) < 4.78 is 19.9. The van der Waals surface area contributed by atoms with Crippen LogP contribution in [0.3, 0.4) is 0 Å². The van der Waals surface area contributed by atoms with Crippen LogP contribution in [0.25, 0.3) is 0 Å². The molecule has 110 valence electrons. The van der Waals surface area contributed by atoms with E-state index in [1.54, 1.807) is 13.8 Å². The molecule has 0 aromatic rings.